The average molecular weight is 403 g/mol. The molecule has 3 heterocycles. The summed E-state index contributed by atoms with van der Waals surface area (Å²) in [5, 5.41) is 5.99. The predicted octanol–water partition coefficient (Wildman–Crippen LogP) is 4.50. The van der Waals surface area contributed by atoms with Gasteiger partial charge in [-0.25, -0.2) is 18.3 Å². The van der Waals surface area contributed by atoms with Crippen molar-refractivity contribution in [1.29, 1.82) is 0 Å². The van der Waals surface area contributed by atoms with E-state index in [0.717, 1.165) is 12.1 Å². The first-order chi connectivity index (χ1) is 12.6. The summed E-state index contributed by atoms with van der Waals surface area (Å²) >= 11 is 6.12. The number of benzene rings is 1. The molecule has 0 bridgehead atoms. The number of carbonyl (C=O) groups excluding carboxylic acids is 1. The quantitative estimate of drug-likeness (QED) is 0.642. The van der Waals surface area contributed by atoms with Crippen LogP contribution >= 0.6 is 11.6 Å². The van der Waals surface area contributed by atoms with E-state index < -0.39 is 24.0 Å². The first kappa shape index (κ1) is 17.7. The fourth-order valence-corrected chi connectivity index (χ4v) is 3.27. The number of hydrogen-bond donors (Lipinski definition) is 1. The van der Waals surface area contributed by atoms with Crippen molar-refractivity contribution in [2.75, 3.05) is 5.32 Å². The second-order valence-corrected chi connectivity index (χ2v) is 6.27. The number of fused-ring (bicyclic) bond motifs is 2. The molecule has 0 radical (unpaired) electrons. The smallest absolute Gasteiger partial charge is 0.324 e. The van der Waals surface area contributed by atoms with E-state index >= 15 is 0 Å². The molecule has 1 aliphatic heterocycles. The maximum atomic E-state index is 13.5. The van der Waals surface area contributed by atoms with Gasteiger partial charge in [-0.1, -0.05) is 11.6 Å². The van der Waals surface area contributed by atoms with E-state index in [4.69, 9.17) is 11.6 Å². The van der Waals surface area contributed by atoms with Gasteiger partial charge in [0.2, 0.25) is 5.91 Å². The van der Waals surface area contributed by atoms with E-state index in [1.807, 2.05) is 0 Å². The zero-order valence-corrected chi connectivity index (χ0v) is 13.9. The number of hydrogen-bond acceptors (Lipinski definition) is 3. The molecule has 2 aromatic heterocycles. The maximum absolute atomic E-state index is 13.5. The minimum atomic E-state index is -4.83. The number of alkyl halides is 5. The Morgan fingerprint density at radius 1 is 1.22 bits per heavy atom. The Morgan fingerprint density at radius 3 is 2.63 bits per heavy atom. The Kier molecular flexibility index (Phi) is 3.84. The number of amides is 1. The van der Waals surface area contributed by atoms with Crippen LogP contribution in [0.3, 0.4) is 0 Å². The third-order valence-corrected chi connectivity index (χ3v) is 4.38. The molecule has 0 fully saturated rings. The molecule has 0 saturated heterocycles. The van der Waals surface area contributed by atoms with Crippen molar-refractivity contribution in [2.45, 2.75) is 19.0 Å². The standard InChI is InChI=1S/C16H8ClF5N4O/c17-9-4-7(3-6-5-11(27)24-12(6)9)13-8(14(18)19)1-2-10-23-15(16(20,21)22)25-26(10)13/h1-4,14H,5H2,(H,24,27). The lowest BCUT2D eigenvalue weighted by Gasteiger charge is -2.13. The Balaban J connectivity index is 2.01. The van der Waals surface area contributed by atoms with Crippen molar-refractivity contribution < 1.29 is 26.7 Å². The molecule has 5 nitrogen and oxygen atoms in total. The van der Waals surface area contributed by atoms with Crippen LogP contribution in [0.4, 0.5) is 27.6 Å². The molecule has 1 aromatic carbocycles. The normalized spacial score (nSPS) is 14.1. The topological polar surface area (TPSA) is 59.3 Å². The fourth-order valence-electron chi connectivity index (χ4n) is 2.98. The molecule has 3 aromatic rings. The highest BCUT2D eigenvalue weighted by Crippen LogP contribution is 2.39. The van der Waals surface area contributed by atoms with Crippen LogP contribution < -0.4 is 5.32 Å². The minimum Gasteiger partial charge on any atom is -0.324 e. The van der Waals surface area contributed by atoms with Crippen molar-refractivity contribution in [2.24, 2.45) is 0 Å². The molecule has 0 unspecified atom stereocenters. The summed E-state index contributed by atoms with van der Waals surface area (Å²) in [7, 11) is 0. The van der Waals surface area contributed by atoms with Gasteiger partial charge in [0.15, 0.2) is 5.65 Å². The van der Waals surface area contributed by atoms with Gasteiger partial charge in [-0.05, 0) is 29.8 Å². The Morgan fingerprint density at radius 2 is 1.96 bits per heavy atom. The van der Waals surface area contributed by atoms with Crippen LogP contribution in [0.2, 0.25) is 5.02 Å². The van der Waals surface area contributed by atoms with Gasteiger partial charge in [0.05, 0.1) is 22.8 Å². The van der Waals surface area contributed by atoms with Gasteiger partial charge in [-0.2, -0.15) is 13.2 Å². The Hall–Kier alpha value is -2.75. The van der Waals surface area contributed by atoms with Gasteiger partial charge in [-0.15, -0.1) is 5.10 Å². The summed E-state index contributed by atoms with van der Waals surface area (Å²) in [6, 6.07) is 4.75. The van der Waals surface area contributed by atoms with Crippen molar-refractivity contribution in [3.63, 3.8) is 0 Å². The lowest BCUT2D eigenvalue weighted by Crippen LogP contribution is -2.08. The molecule has 0 aliphatic carbocycles. The number of pyridine rings is 1. The molecule has 0 atom stereocenters. The summed E-state index contributed by atoms with van der Waals surface area (Å²) < 4.78 is 66.6. The monoisotopic (exact) mass is 402 g/mol. The summed E-state index contributed by atoms with van der Waals surface area (Å²) in [4.78, 5) is 14.9. The van der Waals surface area contributed by atoms with Crippen LogP contribution in [-0.4, -0.2) is 20.5 Å². The van der Waals surface area contributed by atoms with Crippen LogP contribution in [0.25, 0.3) is 16.9 Å². The zero-order chi connectivity index (χ0) is 19.5. The van der Waals surface area contributed by atoms with E-state index in [-0.39, 0.29) is 34.3 Å². The summed E-state index contributed by atoms with van der Waals surface area (Å²) in [5.74, 6) is -1.77. The van der Waals surface area contributed by atoms with Gasteiger partial charge in [0.1, 0.15) is 0 Å². The molecule has 1 amide bonds. The van der Waals surface area contributed by atoms with Gasteiger partial charge in [0, 0.05) is 11.1 Å². The van der Waals surface area contributed by atoms with Crippen LogP contribution in [0.5, 0.6) is 0 Å². The highest BCUT2D eigenvalue weighted by atomic mass is 35.5. The van der Waals surface area contributed by atoms with Crippen molar-refractivity contribution in [3.05, 3.63) is 46.2 Å². The first-order valence-electron chi connectivity index (χ1n) is 7.53. The van der Waals surface area contributed by atoms with E-state index in [2.05, 4.69) is 15.4 Å². The van der Waals surface area contributed by atoms with E-state index in [0.29, 0.717) is 15.8 Å². The third-order valence-electron chi connectivity index (χ3n) is 4.08. The second-order valence-electron chi connectivity index (χ2n) is 5.86. The number of anilines is 1. The van der Waals surface area contributed by atoms with E-state index in [9.17, 15) is 26.7 Å². The van der Waals surface area contributed by atoms with Gasteiger partial charge >= 0.3 is 6.18 Å². The molecule has 0 spiro atoms. The van der Waals surface area contributed by atoms with Crippen LogP contribution in [0.1, 0.15) is 23.4 Å². The van der Waals surface area contributed by atoms with Crippen molar-refractivity contribution in [3.8, 4) is 11.3 Å². The van der Waals surface area contributed by atoms with Gasteiger partial charge in [-0.3, -0.25) is 4.79 Å². The molecule has 1 aliphatic rings. The highest BCUT2D eigenvalue weighted by molar-refractivity contribution is 6.34. The lowest BCUT2D eigenvalue weighted by molar-refractivity contribution is -0.144. The number of carbonyl (C=O) groups is 1. The average Bonchev–Trinajstić information content (AvgIpc) is 3.16. The molecule has 140 valence electrons. The third kappa shape index (κ3) is 2.89. The minimum absolute atomic E-state index is 0.0198. The number of rotatable bonds is 2. The molecule has 27 heavy (non-hydrogen) atoms. The predicted molar refractivity (Wildman–Crippen MR) is 85.7 cm³/mol. The molecule has 11 heteroatoms. The first-order valence-corrected chi connectivity index (χ1v) is 7.90. The number of nitrogens with one attached hydrogen (secondary N) is 1. The largest absolute Gasteiger partial charge is 0.453 e. The number of aromatic nitrogens is 3. The summed E-state index contributed by atoms with van der Waals surface area (Å²) in [6.07, 6.45) is -7.83. The zero-order valence-electron chi connectivity index (χ0n) is 13.1. The summed E-state index contributed by atoms with van der Waals surface area (Å²) in [6.45, 7) is 0. The van der Waals surface area contributed by atoms with Crippen LogP contribution in [0.15, 0.2) is 24.3 Å². The Bertz CT molecular complexity index is 1090. The van der Waals surface area contributed by atoms with E-state index in [1.165, 1.54) is 12.1 Å². The molecule has 4 rings (SSSR count). The van der Waals surface area contributed by atoms with Crippen molar-refractivity contribution >= 4 is 28.8 Å². The highest BCUT2D eigenvalue weighted by Gasteiger charge is 2.37. The molecule has 1 N–H and O–H groups in total. The number of halogens is 6. The maximum Gasteiger partial charge on any atom is 0.453 e. The summed E-state index contributed by atoms with van der Waals surface area (Å²) in [5.41, 5.74) is -0.132. The lowest BCUT2D eigenvalue weighted by atomic mass is 10.0. The van der Waals surface area contributed by atoms with Gasteiger partial charge < -0.3 is 5.32 Å². The fraction of sp³-hybridized carbons (Fsp3) is 0.188. The Labute approximate surface area is 152 Å². The molecule has 0 saturated carbocycles. The molecular formula is C16H8ClF5N4O. The SMILES string of the molecule is O=C1Cc2cc(-c3c(C(F)F)ccc4nc(C(F)(F)F)nn34)cc(Cl)c2N1. The number of nitrogens with zero attached hydrogens (tertiary/aromatic N) is 3. The van der Waals surface area contributed by atoms with Crippen LogP contribution in [0, 0.1) is 0 Å². The van der Waals surface area contributed by atoms with Crippen LogP contribution in [-0.2, 0) is 17.4 Å². The molecular weight excluding hydrogens is 395 g/mol. The second kappa shape index (κ2) is 5.88. The van der Waals surface area contributed by atoms with Crippen molar-refractivity contribution in [1.82, 2.24) is 14.6 Å². The van der Waals surface area contributed by atoms with Gasteiger partial charge in [0.25, 0.3) is 12.2 Å². The van der Waals surface area contributed by atoms with E-state index in [1.54, 1.807) is 0 Å².